The minimum absolute atomic E-state index is 0.654. The summed E-state index contributed by atoms with van der Waals surface area (Å²) in [5.74, 6) is 1.63. The van der Waals surface area contributed by atoms with Gasteiger partial charge in [0, 0.05) is 6.54 Å². The Morgan fingerprint density at radius 3 is 2.67 bits per heavy atom. The largest absolute Gasteiger partial charge is 0.478 e. The van der Waals surface area contributed by atoms with Gasteiger partial charge in [0.05, 0.1) is 0 Å². The van der Waals surface area contributed by atoms with Crippen LogP contribution in [0.25, 0.3) is 0 Å². The average Bonchev–Trinajstić information content (AvgIpc) is 2.14. The summed E-state index contributed by atoms with van der Waals surface area (Å²) >= 11 is 0. The molecule has 0 saturated carbocycles. The molecule has 0 radical (unpaired) electrons. The molecule has 0 aliphatic rings. The molecule has 0 spiro atoms. The number of rotatable bonds is 5. The Morgan fingerprint density at radius 2 is 2.07 bits per heavy atom. The van der Waals surface area contributed by atoms with Crippen LogP contribution < -0.4 is 4.74 Å². The highest BCUT2D eigenvalue weighted by molar-refractivity contribution is 5.27. The second kappa shape index (κ2) is 5.76. The van der Waals surface area contributed by atoms with Crippen molar-refractivity contribution in [3.05, 3.63) is 29.8 Å². The van der Waals surface area contributed by atoms with E-state index in [9.17, 15) is 0 Å². The Balaban J connectivity index is 2.36. The Labute approximate surface area is 92.9 Å². The third kappa shape index (κ3) is 4.84. The van der Waals surface area contributed by atoms with Crippen LogP contribution in [0.15, 0.2) is 24.3 Å². The molecule has 15 heavy (non-hydrogen) atoms. The smallest absolute Gasteiger partial charge is 0.141 e. The van der Waals surface area contributed by atoms with Gasteiger partial charge < -0.3 is 4.74 Å². The van der Waals surface area contributed by atoms with Gasteiger partial charge in [-0.1, -0.05) is 26.0 Å². The summed E-state index contributed by atoms with van der Waals surface area (Å²) in [6.45, 7) is 8.21. The van der Waals surface area contributed by atoms with E-state index in [0.29, 0.717) is 12.6 Å². The Hall–Kier alpha value is -1.02. The van der Waals surface area contributed by atoms with Crippen molar-refractivity contribution in [2.75, 3.05) is 20.3 Å². The van der Waals surface area contributed by atoms with Crippen LogP contribution in [0, 0.1) is 12.8 Å². The second-order valence-electron chi connectivity index (χ2n) is 4.52. The SMILES string of the molecule is Cc1cccc(OCN(C)CC(C)C)c1. The fourth-order valence-corrected chi connectivity index (χ4v) is 1.57. The molecule has 0 heterocycles. The molecule has 0 atom stereocenters. The Kier molecular flexibility index (Phi) is 4.63. The van der Waals surface area contributed by atoms with Gasteiger partial charge in [0.15, 0.2) is 0 Å². The zero-order valence-corrected chi connectivity index (χ0v) is 10.2. The summed E-state index contributed by atoms with van der Waals surface area (Å²) in [7, 11) is 2.08. The third-order valence-electron chi connectivity index (χ3n) is 2.12. The molecule has 2 nitrogen and oxygen atoms in total. The highest BCUT2D eigenvalue weighted by Gasteiger charge is 2.02. The van der Waals surface area contributed by atoms with E-state index in [1.807, 2.05) is 12.1 Å². The van der Waals surface area contributed by atoms with Crippen LogP contribution in [-0.2, 0) is 0 Å². The van der Waals surface area contributed by atoms with Crippen LogP contribution in [0.5, 0.6) is 5.75 Å². The molecule has 2 heteroatoms. The lowest BCUT2D eigenvalue weighted by molar-refractivity contribution is 0.140. The zero-order chi connectivity index (χ0) is 11.3. The highest BCUT2D eigenvalue weighted by atomic mass is 16.5. The molecule has 1 aromatic carbocycles. The normalized spacial score (nSPS) is 11.1. The Bertz CT molecular complexity index is 296. The first-order valence-corrected chi connectivity index (χ1v) is 5.46. The third-order valence-corrected chi connectivity index (χ3v) is 2.12. The van der Waals surface area contributed by atoms with E-state index < -0.39 is 0 Å². The molecule has 0 aliphatic carbocycles. The topological polar surface area (TPSA) is 12.5 Å². The molecular weight excluding hydrogens is 186 g/mol. The number of hydrogen-bond donors (Lipinski definition) is 0. The predicted molar refractivity (Wildman–Crippen MR) is 64.1 cm³/mol. The summed E-state index contributed by atoms with van der Waals surface area (Å²) in [5, 5.41) is 0. The first-order valence-electron chi connectivity index (χ1n) is 5.46. The second-order valence-corrected chi connectivity index (χ2v) is 4.52. The van der Waals surface area contributed by atoms with Gasteiger partial charge in [-0.25, -0.2) is 0 Å². The van der Waals surface area contributed by atoms with Gasteiger partial charge in [-0.15, -0.1) is 0 Å². The molecular formula is C13H21NO. The highest BCUT2D eigenvalue weighted by Crippen LogP contribution is 2.12. The van der Waals surface area contributed by atoms with Crippen molar-refractivity contribution in [1.29, 1.82) is 0 Å². The van der Waals surface area contributed by atoms with Crippen molar-refractivity contribution in [2.24, 2.45) is 5.92 Å². The van der Waals surface area contributed by atoms with E-state index in [4.69, 9.17) is 4.74 Å². The van der Waals surface area contributed by atoms with E-state index in [2.05, 4.69) is 44.9 Å². The van der Waals surface area contributed by atoms with Gasteiger partial charge in [-0.3, -0.25) is 4.90 Å². The standard InChI is InChI=1S/C13H21NO/c1-11(2)9-14(4)10-15-13-7-5-6-12(3)8-13/h5-8,11H,9-10H2,1-4H3. The number of benzene rings is 1. The van der Waals surface area contributed by atoms with E-state index in [1.54, 1.807) is 0 Å². The van der Waals surface area contributed by atoms with Gasteiger partial charge in [-0.05, 0) is 37.6 Å². The van der Waals surface area contributed by atoms with Gasteiger partial charge in [-0.2, -0.15) is 0 Å². The van der Waals surface area contributed by atoms with Crippen molar-refractivity contribution in [3.63, 3.8) is 0 Å². The first kappa shape index (κ1) is 12.1. The molecule has 0 aliphatic heterocycles. The molecule has 0 saturated heterocycles. The quantitative estimate of drug-likeness (QED) is 0.688. The average molecular weight is 207 g/mol. The van der Waals surface area contributed by atoms with Crippen molar-refractivity contribution in [1.82, 2.24) is 4.90 Å². The van der Waals surface area contributed by atoms with Crippen molar-refractivity contribution in [3.8, 4) is 5.75 Å². The van der Waals surface area contributed by atoms with Crippen molar-refractivity contribution >= 4 is 0 Å². The molecule has 0 fully saturated rings. The fourth-order valence-electron chi connectivity index (χ4n) is 1.57. The summed E-state index contributed by atoms with van der Waals surface area (Å²) in [6, 6.07) is 8.15. The van der Waals surface area contributed by atoms with Gasteiger partial charge in [0.2, 0.25) is 0 Å². The number of nitrogens with zero attached hydrogens (tertiary/aromatic N) is 1. The number of ether oxygens (including phenoxy) is 1. The molecule has 0 bridgehead atoms. The monoisotopic (exact) mass is 207 g/mol. The lowest BCUT2D eigenvalue weighted by atomic mass is 10.2. The predicted octanol–water partition coefficient (Wildman–Crippen LogP) is 2.92. The summed E-state index contributed by atoms with van der Waals surface area (Å²) in [6.07, 6.45) is 0. The van der Waals surface area contributed by atoms with Crippen LogP contribution >= 0.6 is 0 Å². The summed E-state index contributed by atoms with van der Waals surface area (Å²) in [4.78, 5) is 2.19. The minimum Gasteiger partial charge on any atom is -0.478 e. The summed E-state index contributed by atoms with van der Waals surface area (Å²) < 4.78 is 5.68. The molecule has 1 aromatic rings. The Morgan fingerprint density at radius 1 is 1.33 bits per heavy atom. The van der Waals surface area contributed by atoms with Crippen LogP contribution in [0.4, 0.5) is 0 Å². The first-order chi connectivity index (χ1) is 7.08. The molecule has 1 rings (SSSR count). The maximum Gasteiger partial charge on any atom is 0.141 e. The van der Waals surface area contributed by atoms with Crippen molar-refractivity contribution < 1.29 is 4.74 Å². The minimum atomic E-state index is 0.654. The maximum atomic E-state index is 5.68. The van der Waals surface area contributed by atoms with E-state index in [-0.39, 0.29) is 0 Å². The van der Waals surface area contributed by atoms with Crippen LogP contribution in [-0.4, -0.2) is 25.2 Å². The molecule has 0 N–H and O–H groups in total. The maximum absolute atomic E-state index is 5.68. The van der Waals surface area contributed by atoms with Crippen molar-refractivity contribution in [2.45, 2.75) is 20.8 Å². The molecule has 0 unspecified atom stereocenters. The number of hydrogen-bond acceptors (Lipinski definition) is 2. The molecule has 0 amide bonds. The van der Waals surface area contributed by atoms with Gasteiger partial charge in [0.25, 0.3) is 0 Å². The van der Waals surface area contributed by atoms with Gasteiger partial charge in [0.1, 0.15) is 12.5 Å². The molecule has 84 valence electrons. The zero-order valence-electron chi connectivity index (χ0n) is 10.2. The van der Waals surface area contributed by atoms with E-state index in [1.165, 1.54) is 5.56 Å². The number of aryl methyl sites for hydroxylation is 1. The van der Waals surface area contributed by atoms with Gasteiger partial charge >= 0.3 is 0 Å². The molecule has 0 aromatic heterocycles. The van der Waals surface area contributed by atoms with Crippen LogP contribution in [0.2, 0.25) is 0 Å². The lowest BCUT2D eigenvalue weighted by Crippen LogP contribution is -2.27. The lowest BCUT2D eigenvalue weighted by Gasteiger charge is -2.19. The fraction of sp³-hybridized carbons (Fsp3) is 0.538. The van der Waals surface area contributed by atoms with Crippen LogP contribution in [0.3, 0.4) is 0 Å². The summed E-state index contributed by atoms with van der Waals surface area (Å²) in [5.41, 5.74) is 1.24. The van der Waals surface area contributed by atoms with E-state index >= 15 is 0 Å². The van der Waals surface area contributed by atoms with Crippen LogP contribution in [0.1, 0.15) is 19.4 Å². The van der Waals surface area contributed by atoms with E-state index in [0.717, 1.165) is 12.3 Å².